The summed E-state index contributed by atoms with van der Waals surface area (Å²) in [5.74, 6) is 1.87. The van der Waals surface area contributed by atoms with Crippen molar-refractivity contribution in [3.63, 3.8) is 0 Å². The summed E-state index contributed by atoms with van der Waals surface area (Å²) in [6, 6.07) is 0.724. The summed E-state index contributed by atoms with van der Waals surface area (Å²) in [7, 11) is 0. The van der Waals surface area contributed by atoms with Gasteiger partial charge in [0.1, 0.15) is 0 Å². The molecule has 0 aromatic carbocycles. The van der Waals surface area contributed by atoms with Crippen molar-refractivity contribution >= 4 is 0 Å². The third-order valence-corrected chi connectivity index (χ3v) is 5.67. The van der Waals surface area contributed by atoms with Crippen LogP contribution in [0, 0.1) is 17.3 Å². The first kappa shape index (κ1) is 15.3. The molecule has 0 aromatic rings. The average molecular weight is 266 g/mol. The summed E-state index contributed by atoms with van der Waals surface area (Å²) in [6.07, 6.45) is 7.04. The Hall–Kier alpha value is -0.0800. The Labute approximate surface area is 120 Å². The van der Waals surface area contributed by atoms with Crippen LogP contribution in [0.2, 0.25) is 0 Å². The minimum Gasteiger partial charge on any atom is -0.313 e. The second kappa shape index (κ2) is 6.58. The first-order valence-corrected chi connectivity index (χ1v) is 8.52. The van der Waals surface area contributed by atoms with Crippen LogP contribution in [-0.2, 0) is 0 Å². The quantitative estimate of drug-likeness (QED) is 0.819. The molecule has 1 saturated carbocycles. The Morgan fingerprint density at radius 2 is 1.79 bits per heavy atom. The van der Waals surface area contributed by atoms with Gasteiger partial charge in [0, 0.05) is 12.6 Å². The van der Waals surface area contributed by atoms with Crippen LogP contribution in [0.25, 0.3) is 0 Å². The summed E-state index contributed by atoms with van der Waals surface area (Å²) in [5.41, 5.74) is 0.489. The minimum absolute atomic E-state index is 0.489. The molecular weight excluding hydrogens is 232 g/mol. The molecule has 112 valence electrons. The fraction of sp³-hybridized carbons (Fsp3) is 1.00. The van der Waals surface area contributed by atoms with Crippen LogP contribution in [0.1, 0.15) is 59.8 Å². The molecule has 2 rings (SSSR count). The lowest BCUT2D eigenvalue weighted by Gasteiger charge is -2.37. The molecule has 19 heavy (non-hydrogen) atoms. The highest BCUT2D eigenvalue weighted by Gasteiger charge is 2.41. The van der Waals surface area contributed by atoms with Crippen molar-refractivity contribution in [1.29, 1.82) is 0 Å². The second-order valence-corrected chi connectivity index (χ2v) is 7.47. The molecule has 2 heteroatoms. The molecule has 1 aliphatic heterocycles. The van der Waals surface area contributed by atoms with E-state index in [1.807, 2.05) is 0 Å². The largest absolute Gasteiger partial charge is 0.313 e. The lowest BCUT2D eigenvalue weighted by Crippen LogP contribution is -2.46. The Kier molecular flexibility index (Phi) is 5.30. The van der Waals surface area contributed by atoms with E-state index in [4.69, 9.17) is 0 Å². The van der Waals surface area contributed by atoms with Crippen molar-refractivity contribution in [2.24, 2.45) is 17.3 Å². The molecule has 2 fully saturated rings. The van der Waals surface area contributed by atoms with Crippen LogP contribution in [0.4, 0.5) is 0 Å². The van der Waals surface area contributed by atoms with E-state index in [0.717, 1.165) is 24.4 Å². The van der Waals surface area contributed by atoms with Gasteiger partial charge in [-0.3, -0.25) is 0 Å². The van der Waals surface area contributed by atoms with E-state index in [-0.39, 0.29) is 0 Å². The van der Waals surface area contributed by atoms with Crippen LogP contribution >= 0.6 is 0 Å². The highest BCUT2D eigenvalue weighted by Crippen LogP contribution is 2.41. The normalized spacial score (nSPS) is 32.8. The molecule has 2 unspecified atom stereocenters. The molecule has 0 aromatic heterocycles. The molecule has 1 saturated heterocycles. The topological polar surface area (TPSA) is 15.3 Å². The number of nitrogens with zero attached hydrogens (tertiary/aromatic N) is 1. The fourth-order valence-electron chi connectivity index (χ4n) is 4.29. The Balaban J connectivity index is 1.85. The van der Waals surface area contributed by atoms with Gasteiger partial charge in [-0.05, 0) is 62.6 Å². The summed E-state index contributed by atoms with van der Waals surface area (Å²) in [4.78, 5) is 2.74. The summed E-state index contributed by atoms with van der Waals surface area (Å²) in [6.45, 7) is 14.6. The van der Waals surface area contributed by atoms with Crippen molar-refractivity contribution in [3.8, 4) is 0 Å². The van der Waals surface area contributed by atoms with E-state index >= 15 is 0 Å². The zero-order chi connectivity index (χ0) is 13.9. The molecule has 2 nitrogen and oxygen atoms in total. The van der Waals surface area contributed by atoms with Crippen LogP contribution in [-0.4, -0.2) is 37.1 Å². The zero-order valence-electron chi connectivity index (χ0n) is 13.5. The predicted octanol–water partition coefficient (Wildman–Crippen LogP) is 3.52. The van der Waals surface area contributed by atoms with Crippen molar-refractivity contribution < 1.29 is 0 Å². The molecule has 0 bridgehead atoms. The molecule has 2 atom stereocenters. The van der Waals surface area contributed by atoms with Crippen LogP contribution in [0.3, 0.4) is 0 Å². The number of nitrogens with one attached hydrogen (secondary N) is 1. The van der Waals surface area contributed by atoms with Gasteiger partial charge in [0.05, 0.1) is 0 Å². The van der Waals surface area contributed by atoms with E-state index in [0.29, 0.717) is 5.41 Å². The number of likely N-dealkylation sites (tertiary alicyclic amines) is 1. The number of hydrogen-bond donors (Lipinski definition) is 1. The lowest BCUT2D eigenvalue weighted by molar-refractivity contribution is 0.139. The van der Waals surface area contributed by atoms with Gasteiger partial charge < -0.3 is 10.2 Å². The van der Waals surface area contributed by atoms with Crippen LogP contribution in [0.15, 0.2) is 0 Å². The Bertz CT molecular complexity index is 266. The minimum atomic E-state index is 0.489. The maximum atomic E-state index is 3.77. The van der Waals surface area contributed by atoms with Crippen LogP contribution < -0.4 is 5.32 Å². The lowest BCUT2D eigenvalue weighted by atomic mass is 9.84. The highest BCUT2D eigenvalue weighted by atomic mass is 15.1. The van der Waals surface area contributed by atoms with Crippen molar-refractivity contribution in [3.05, 3.63) is 0 Å². The third kappa shape index (κ3) is 3.72. The first-order valence-electron chi connectivity index (χ1n) is 8.52. The SMILES string of the molecule is CCNC1C(CN2CCC(CC)CC2)CCC1(C)C. The highest BCUT2D eigenvalue weighted by molar-refractivity contribution is 4.97. The van der Waals surface area contributed by atoms with Gasteiger partial charge in [-0.2, -0.15) is 0 Å². The molecule has 0 amide bonds. The standard InChI is InChI=1S/C17H34N2/c1-5-14-8-11-19(12-9-14)13-15-7-10-17(3,4)16(15)18-6-2/h14-16,18H,5-13H2,1-4H3. The summed E-state index contributed by atoms with van der Waals surface area (Å²) < 4.78 is 0. The molecule has 1 N–H and O–H groups in total. The molecule has 2 aliphatic rings. The van der Waals surface area contributed by atoms with Gasteiger partial charge in [-0.1, -0.05) is 34.1 Å². The summed E-state index contributed by atoms with van der Waals surface area (Å²) in [5, 5.41) is 3.77. The van der Waals surface area contributed by atoms with E-state index < -0.39 is 0 Å². The van der Waals surface area contributed by atoms with Gasteiger partial charge >= 0.3 is 0 Å². The predicted molar refractivity (Wildman–Crippen MR) is 83.4 cm³/mol. The van der Waals surface area contributed by atoms with Crippen molar-refractivity contribution in [1.82, 2.24) is 10.2 Å². The third-order valence-electron chi connectivity index (χ3n) is 5.67. The maximum absolute atomic E-state index is 3.77. The number of hydrogen-bond acceptors (Lipinski definition) is 2. The van der Waals surface area contributed by atoms with Gasteiger partial charge in [-0.25, -0.2) is 0 Å². The summed E-state index contributed by atoms with van der Waals surface area (Å²) >= 11 is 0. The van der Waals surface area contributed by atoms with E-state index in [9.17, 15) is 0 Å². The molecule has 1 heterocycles. The molecular formula is C17H34N2. The molecule has 0 radical (unpaired) electrons. The Morgan fingerprint density at radius 1 is 1.11 bits per heavy atom. The molecule has 1 aliphatic carbocycles. The number of rotatable bonds is 5. The van der Waals surface area contributed by atoms with E-state index in [1.165, 1.54) is 51.7 Å². The van der Waals surface area contributed by atoms with E-state index in [2.05, 4.69) is 37.9 Å². The van der Waals surface area contributed by atoms with Crippen LogP contribution in [0.5, 0.6) is 0 Å². The van der Waals surface area contributed by atoms with Gasteiger partial charge in [0.25, 0.3) is 0 Å². The van der Waals surface area contributed by atoms with E-state index in [1.54, 1.807) is 0 Å². The number of piperidine rings is 1. The Morgan fingerprint density at radius 3 is 2.37 bits per heavy atom. The molecule has 0 spiro atoms. The van der Waals surface area contributed by atoms with Crippen molar-refractivity contribution in [2.45, 2.75) is 65.8 Å². The maximum Gasteiger partial charge on any atom is 0.0159 e. The van der Waals surface area contributed by atoms with Gasteiger partial charge in [0.2, 0.25) is 0 Å². The monoisotopic (exact) mass is 266 g/mol. The van der Waals surface area contributed by atoms with Gasteiger partial charge in [-0.15, -0.1) is 0 Å². The zero-order valence-corrected chi connectivity index (χ0v) is 13.5. The second-order valence-electron chi connectivity index (χ2n) is 7.47. The first-order chi connectivity index (χ1) is 9.06. The van der Waals surface area contributed by atoms with Gasteiger partial charge in [0.15, 0.2) is 0 Å². The van der Waals surface area contributed by atoms with Crippen molar-refractivity contribution in [2.75, 3.05) is 26.2 Å². The average Bonchev–Trinajstić information content (AvgIpc) is 2.68. The fourth-order valence-corrected chi connectivity index (χ4v) is 4.29. The smallest absolute Gasteiger partial charge is 0.0159 e.